The highest BCUT2D eigenvalue weighted by molar-refractivity contribution is 5.93. The van der Waals surface area contributed by atoms with Crippen molar-refractivity contribution in [1.29, 1.82) is 0 Å². The van der Waals surface area contributed by atoms with E-state index in [1.165, 1.54) is 6.07 Å². The number of rotatable bonds is 6. The minimum Gasteiger partial charge on any atom is -0.477 e. The highest BCUT2D eigenvalue weighted by atomic mass is 16.6. The summed E-state index contributed by atoms with van der Waals surface area (Å²) in [5.74, 6) is -1.65. The van der Waals surface area contributed by atoms with E-state index in [2.05, 4.69) is 10.6 Å². The first-order valence-electron chi connectivity index (χ1n) is 5.48. The number of carboxylic acids is 1. The van der Waals surface area contributed by atoms with Crippen LogP contribution in [0.5, 0.6) is 0 Å². The van der Waals surface area contributed by atoms with Crippen LogP contribution in [-0.4, -0.2) is 35.0 Å². The fourth-order valence-electron chi connectivity index (χ4n) is 1.42. The Morgan fingerprint density at radius 3 is 2.63 bits per heavy atom. The third-order valence-electron chi connectivity index (χ3n) is 2.25. The Morgan fingerprint density at radius 1 is 1.42 bits per heavy atom. The maximum absolute atomic E-state index is 11.2. The van der Waals surface area contributed by atoms with E-state index in [9.17, 15) is 19.7 Å². The number of hydrogen-bond acceptors (Lipinski definition) is 5. The zero-order chi connectivity index (χ0) is 14.4. The van der Waals surface area contributed by atoms with Crippen molar-refractivity contribution in [1.82, 2.24) is 5.32 Å². The van der Waals surface area contributed by atoms with E-state index < -0.39 is 22.1 Å². The molecule has 1 amide bonds. The van der Waals surface area contributed by atoms with Crippen molar-refractivity contribution < 1.29 is 19.6 Å². The van der Waals surface area contributed by atoms with Crippen LogP contribution in [-0.2, 0) is 4.79 Å². The molecule has 102 valence electrons. The molecule has 0 spiro atoms. The molecule has 0 bridgehead atoms. The van der Waals surface area contributed by atoms with Crippen LogP contribution in [0, 0.1) is 10.1 Å². The Balaban J connectivity index is 2.87. The molecule has 3 N–H and O–H groups in total. The molecule has 0 heterocycles. The third kappa shape index (κ3) is 3.95. The van der Waals surface area contributed by atoms with Crippen LogP contribution in [0.3, 0.4) is 0 Å². The summed E-state index contributed by atoms with van der Waals surface area (Å²) in [4.78, 5) is 32.0. The molecule has 1 aromatic rings. The number of hydrogen-bond donors (Lipinski definition) is 3. The van der Waals surface area contributed by atoms with Gasteiger partial charge in [0, 0.05) is 18.3 Å². The zero-order valence-corrected chi connectivity index (χ0v) is 10.2. The van der Waals surface area contributed by atoms with Crippen molar-refractivity contribution in [3.8, 4) is 0 Å². The molecule has 1 aromatic carbocycles. The second-order valence-corrected chi connectivity index (χ2v) is 3.60. The number of amides is 1. The number of carbonyl (C=O) groups is 2. The summed E-state index contributed by atoms with van der Waals surface area (Å²) < 4.78 is 0. The Bertz CT molecular complexity index is 515. The van der Waals surface area contributed by atoms with E-state index in [1.54, 1.807) is 6.92 Å². The first kappa shape index (κ1) is 14.4. The van der Waals surface area contributed by atoms with Gasteiger partial charge in [0.1, 0.15) is 5.56 Å². The number of carboxylic acid groups (broad SMARTS) is 1. The van der Waals surface area contributed by atoms with Crippen LogP contribution in [0.4, 0.5) is 11.4 Å². The van der Waals surface area contributed by atoms with Gasteiger partial charge in [-0.2, -0.15) is 0 Å². The molecule has 0 aromatic heterocycles. The second kappa shape index (κ2) is 6.34. The van der Waals surface area contributed by atoms with E-state index in [4.69, 9.17) is 5.11 Å². The third-order valence-corrected chi connectivity index (χ3v) is 2.25. The molecule has 8 heteroatoms. The Morgan fingerprint density at radius 2 is 2.11 bits per heavy atom. The van der Waals surface area contributed by atoms with Crippen molar-refractivity contribution >= 4 is 23.3 Å². The summed E-state index contributed by atoms with van der Waals surface area (Å²) >= 11 is 0. The van der Waals surface area contributed by atoms with Crippen LogP contribution in [0.15, 0.2) is 18.2 Å². The van der Waals surface area contributed by atoms with Gasteiger partial charge < -0.3 is 15.7 Å². The van der Waals surface area contributed by atoms with Gasteiger partial charge in [-0.15, -0.1) is 0 Å². The summed E-state index contributed by atoms with van der Waals surface area (Å²) in [5, 5.41) is 24.8. The van der Waals surface area contributed by atoms with Gasteiger partial charge in [-0.3, -0.25) is 14.9 Å². The minimum atomic E-state index is -1.40. The topological polar surface area (TPSA) is 122 Å². The van der Waals surface area contributed by atoms with Crippen LogP contribution < -0.4 is 10.6 Å². The quantitative estimate of drug-likeness (QED) is 0.518. The number of benzene rings is 1. The van der Waals surface area contributed by atoms with E-state index in [-0.39, 0.29) is 12.5 Å². The van der Waals surface area contributed by atoms with E-state index in [0.29, 0.717) is 12.2 Å². The number of nitrogens with one attached hydrogen (secondary N) is 2. The molecule has 0 unspecified atom stereocenters. The van der Waals surface area contributed by atoms with Gasteiger partial charge >= 0.3 is 5.97 Å². The van der Waals surface area contributed by atoms with Crippen molar-refractivity contribution in [2.45, 2.75) is 6.92 Å². The van der Waals surface area contributed by atoms with Crippen molar-refractivity contribution in [3.63, 3.8) is 0 Å². The lowest BCUT2D eigenvalue weighted by molar-refractivity contribution is -0.385. The van der Waals surface area contributed by atoms with Crippen LogP contribution in [0.25, 0.3) is 0 Å². The lowest BCUT2D eigenvalue weighted by Crippen LogP contribution is -2.29. The maximum Gasteiger partial charge on any atom is 0.342 e. The van der Waals surface area contributed by atoms with Gasteiger partial charge in [0.05, 0.1) is 11.5 Å². The first-order valence-corrected chi connectivity index (χ1v) is 5.48. The summed E-state index contributed by atoms with van der Waals surface area (Å²) in [7, 11) is 0. The molecule has 0 aliphatic rings. The molecule has 1 rings (SSSR count). The Kier molecular flexibility index (Phi) is 4.81. The highest BCUT2D eigenvalue weighted by Gasteiger charge is 2.19. The number of nitro benzene ring substituents is 1. The molecule has 0 atom stereocenters. The maximum atomic E-state index is 11.2. The second-order valence-electron chi connectivity index (χ2n) is 3.60. The first-order chi connectivity index (χ1) is 8.95. The lowest BCUT2D eigenvalue weighted by atomic mass is 10.1. The monoisotopic (exact) mass is 267 g/mol. The SMILES string of the molecule is CCNC(=O)CNc1ccc([N+](=O)[O-])c(C(=O)O)c1. The standard InChI is InChI=1S/C11H13N3O5/c1-2-12-10(15)6-13-7-3-4-9(14(18)19)8(5-7)11(16)17/h3-5,13H,2,6H2,1H3,(H,12,15)(H,16,17). The van der Waals surface area contributed by atoms with Crippen LogP contribution in [0.1, 0.15) is 17.3 Å². The molecule has 19 heavy (non-hydrogen) atoms. The molecule has 0 aliphatic heterocycles. The average molecular weight is 267 g/mol. The molecular formula is C11H13N3O5. The minimum absolute atomic E-state index is 0.0370. The number of anilines is 1. The summed E-state index contributed by atoms with van der Waals surface area (Å²) in [6.45, 7) is 2.22. The zero-order valence-electron chi connectivity index (χ0n) is 10.2. The largest absolute Gasteiger partial charge is 0.477 e. The van der Waals surface area contributed by atoms with Crippen LogP contribution in [0.2, 0.25) is 0 Å². The lowest BCUT2D eigenvalue weighted by Gasteiger charge is -2.07. The summed E-state index contributed by atoms with van der Waals surface area (Å²) in [6.07, 6.45) is 0. The van der Waals surface area contributed by atoms with Gasteiger partial charge in [0.15, 0.2) is 0 Å². The Hall–Kier alpha value is -2.64. The number of nitrogens with zero attached hydrogens (tertiary/aromatic N) is 1. The number of aromatic carboxylic acids is 1. The van der Waals surface area contributed by atoms with Gasteiger partial charge in [0.25, 0.3) is 5.69 Å². The smallest absolute Gasteiger partial charge is 0.342 e. The van der Waals surface area contributed by atoms with Crippen molar-refractivity contribution in [2.24, 2.45) is 0 Å². The number of likely N-dealkylation sites (N-methyl/N-ethyl adjacent to an activating group) is 1. The fourth-order valence-corrected chi connectivity index (χ4v) is 1.42. The number of carbonyl (C=O) groups excluding carboxylic acids is 1. The van der Waals surface area contributed by atoms with Gasteiger partial charge in [-0.25, -0.2) is 4.79 Å². The highest BCUT2D eigenvalue weighted by Crippen LogP contribution is 2.22. The summed E-state index contributed by atoms with van der Waals surface area (Å²) in [5.41, 5.74) is -0.587. The van der Waals surface area contributed by atoms with E-state index in [0.717, 1.165) is 12.1 Å². The predicted molar refractivity (Wildman–Crippen MR) is 67.2 cm³/mol. The van der Waals surface area contributed by atoms with E-state index >= 15 is 0 Å². The molecule has 0 saturated carbocycles. The predicted octanol–water partition coefficient (Wildman–Crippen LogP) is 0.841. The van der Waals surface area contributed by atoms with Crippen LogP contribution >= 0.6 is 0 Å². The van der Waals surface area contributed by atoms with Gasteiger partial charge in [0.2, 0.25) is 5.91 Å². The van der Waals surface area contributed by atoms with Crippen molar-refractivity contribution in [2.75, 3.05) is 18.4 Å². The Labute approximate surface area is 108 Å². The van der Waals surface area contributed by atoms with E-state index in [1.807, 2.05) is 0 Å². The average Bonchev–Trinajstić information content (AvgIpc) is 2.36. The van der Waals surface area contributed by atoms with Gasteiger partial charge in [-0.05, 0) is 19.1 Å². The van der Waals surface area contributed by atoms with Gasteiger partial charge in [-0.1, -0.05) is 0 Å². The number of nitro groups is 1. The molecule has 8 nitrogen and oxygen atoms in total. The molecular weight excluding hydrogens is 254 g/mol. The molecule has 0 radical (unpaired) electrons. The normalized spacial score (nSPS) is 9.74. The molecule has 0 fully saturated rings. The molecule has 0 saturated heterocycles. The fraction of sp³-hybridized carbons (Fsp3) is 0.273. The van der Waals surface area contributed by atoms with Crippen molar-refractivity contribution in [3.05, 3.63) is 33.9 Å². The summed E-state index contributed by atoms with van der Waals surface area (Å²) in [6, 6.07) is 3.56. The molecule has 0 aliphatic carbocycles.